The first-order valence-electron chi connectivity index (χ1n) is 15.2. The summed E-state index contributed by atoms with van der Waals surface area (Å²) in [5, 5.41) is 11.2. The number of aliphatic hydroxyl groups is 1. The zero-order chi connectivity index (χ0) is 27.9. The van der Waals surface area contributed by atoms with E-state index < -0.39 is 22.6 Å². The smallest absolute Gasteiger partial charge is 0.302 e. The van der Waals surface area contributed by atoms with Crippen LogP contribution in [-0.2, 0) is 23.8 Å². The number of ether oxygens (including phenoxy) is 3. The molecule has 0 amide bonds. The molecular formula is C32H50O6. The first-order chi connectivity index (χ1) is 17.3. The van der Waals surface area contributed by atoms with Gasteiger partial charge < -0.3 is 19.3 Å². The van der Waals surface area contributed by atoms with Gasteiger partial charge in [-0.05, 0) is 93.8 Å². The van der Waals surface area contributed by atoms with Gasteiger partial charge in [-0.15, -0.1) is 0 Å². The van der Waals surface area contributed by atoms with Gasteiger partial charge in [0.2, 0.25) is 0 Å². The van der Waals surface area contributed by atoms with Crippen LogP contribution < -0.4 is 0 Å². The van der Waals surface area contributed by atoms with Gasteiger partial charge in [-0.25, -0.2) is 0 Å². The molecule has 0 aromatic heterocycles. The van der Waals surface area contributed by atoms with Gasteiger partial charge in [0.25, 0.3) is 0 Å². The molecule has 10 atom stereocenters. The largest absolute Gasteiger partial charge is 0.462 e. The Hall–Kier alpha value is -0.980. The highest BCUT2D eigenvalue weighted by molar-refractivity contribution is 5.85. The van der Waals surface area contributed by atoms with Crippen LogP contribution in [0, 0.1) is 39.4 Å². The minimum absolute atomic E-state index is 0.0107. The molecule has 2 saturated heterocycles. The number of esters is 1. The minimum Gasteiger partial charge on any atom is -0.462 e. The summed E-state index contributed by atoms with van der Waals surface area (Å²) in [6.07, 6.45) is 7.50. The van der Waals surface area contributed by atoms with Gasteiger partial charge in [0, 0.05) is 31.1 Å². The van der Waals surface area contributed by atoms with Crippen LogP contribution in [0.3, 0.4) is 0 Å². The lowest BCUT2D eigenvalue weighted by molar-refractivity contribution is -0.294. The van der Waals surface area contributed by atoms with Crippen molar-refractivity contribution in [1.82, 2.24) is 0 Å². The summed E-state index contributed by atoms with van der Waals surface area (Å²) in [7, 11) is 0. The zero-order valence-corrected chi connectivity index (χ0v) is 25.2. The van der Waals surface area contributed by atoms with Gasteiger partial charge in [0.1, 0.15) is 23.1 Å². The molecule has 0 radical (unpaired) electrons. The topological polar surface area (TPSA) is 82.1 Å². The molecule has 1 N–H and O–H groups in total. The van der Waals surface area contributed by atoms with Crippen LogP contribution in [0.15, 0.2) is 0 Å². The number of Topliss-reactive ketones (excluding diaryl/α,β-unsaturated/α-hetero) is 1. The molecule has 2 unspecified atom stereocenters. The number of hydrogen-bond donors (Lipinski definition) is 1. The quantitative estimate of drug-likeness (QED) is 0.443. The number of ketones is 1. The molecule has 6 fully saturated rings. The van der Waals surface area contributed by atoms with E-state index in [2.05, 4.69) is 41.5 Å². The summed E-state index contributed by atoms with van der Waals surface area (Å²) < 4.78 is 20.2. The number of carbonyl (C=O) groups is 2. The fourth-order valence-electron chi connectivity index (χ4n) is 11.8. The fraction of sp³-hybridized carbons (Fsp3) is 0.938. The molecule has 6 aliphatic rings. The molecular weight excluding hydrogens is 480 g/mol. The number of fused-ring (bicyclic) bond motifs is 9. The van der Waals surface area contributed by atoms with E-state index in [0.29, 0.717) is 30.5 Å². The molecule has 0 aromatic rings. The van der Waals surface area contributed by atoms with E-state index in [1.807, 2.05) is 0 Å². The molecule has 2 bridgehead atoms. The minimum atomic E-state index is -1.14. The van der Waals surface area contributed by atoms with Crippen molar-refractivity contribution in [2.75, 3.05) is 0 Å². The number of rotatable bonds is 2. The third kappa shape index (κ3) is 2.91. The summed E-state index contributed by atoms with van der Waals surface area (Å²) in [5.74, 6) is -0.224. The molecule has 4 aliphatic carbocycles. The molecule has 214 valence electrons. The molecule has 4 saturated carbocycles. The maximum absolute atomic E-state index is 13.1. The second-order valence-electron chi connectivity index (χ2n) is 16.1. The Morgan fingerprint density at radius 3 is 2.21 bits per heavy atom. The van der Waals surface area contributed by atoms with E-state index in [1.54, 1.807) is 13.8 Å². The number of carbonyl (C=O) groups excluding carboxylic acids is 2. The highest BCUT2D eigenvalue weighted by Crippen LogP contribution is 2.79. The van der Waals surface area contributed by atoms with E-state index in [0.717, 1.165) is 44.9 Å². The van der Waals surface area contributed by atoms with Crippen molar-refractivity contribution in [3.05, 3.63) is 0 Å². The van der Waals surface area contributed by atoms with Crippen molar-refractivity contribution in [2.24, 2.45) is 39.4 Å². The van der Waals surface area contributed by atoms with Gasteiger partial charge in [-0.2, -0.15) is 0 Å². The van der Waals surface area contributed by atoms with Crippen molar-refractivity contribution >= 4 is 11.8 Å². The standard InChI is InChI=1S/C32H50O6/c1-19(33)36-20-18-22-27(6)12-11-23(34)25(2,3)21(27)10-13-28(22,7)29(8)14-16-31(24(20)29)30(9)15-17-32(37-30,38-31)26(4,5)35/h20-22,24,35H,10-18H2,1-9H3/t20-,21?,22-,24?,27+,28-,29-,30+,31-,32-/m1/s1. The molecule has 38 heavy (non-hydrogen) atoms. The Labute approximate surface area is 228 Å². The van der Waals surface area contributed by atoms with Crippen molar-refractivity contribution in [3.8, 4) is 0 Å². The lowest BCUT2D eigenvalue weighted by Gasteiger charge is -2.70. The highest BCUT2D eigenvalue weighted by atomic mass is 16.8. The van der Waals surface area contributed by atoms with Crippen molar-refractivity contribution < 1.29 is 28.9 Å². The molecule has 2 heterocycles. The average Bonchev–Trinajstić information content (AvgIpc) is 3.39. The normalized spacial score (nSPS) is 54.9. The second kappa shape index (κ2) is 7.45. The average molecular weight is 531 g/mol. The molecule has 0 aromatic carbocycles. The summed E-state index contributed by atoms with van der Waals surface area (Å²) in [6.45, 7) is 19.0. The molecule has 6 rings (SSSR count). The highest BCUT2D eigenvalue weighted by Gasteiger charge is 2.82. The van der Waals surface area contributed by atoms with Crippen LogP contribution in [0.5, 0.6) is 0 Å². The van der Waals surface area contributed by atoms with Gasteiger partial charge in [0.15, 0.2) is 5.79 Å². The van der Waals surface area contributed by atoms with Crippen molar-refractivity contribution in [3.63, 3.8) is 0 Å². The van der Waals surface area contributed by atoms with Crippen LogP contribution in [-0.4, -0.2) is 45.6 Å². The van der Waals surface area contributed by atoms with Crippen LogP contribution >= 0.6 is 0 Å². The lowest BCUT2D eigenvalue weighted by atomic mass is 9.35. The van der Waals surface area contributed by atoms with E-state index in [4.69, 9.17) is 14.2 Å². The molecule has 6 nitrogen and oxygen atoms in total. The van der Waals surface area contributed by atoms with E-state index >= 15 is 0 Å². The van der Waals surface area contributed by atoms with Crippen LogP contribution in [0.1, 0.15) is 120 Å². The third-order valence-electron chi connectivity index (χ3n) is 14.0. The van der Waals surface area contributed by atoms with Crippen molar-refractivity contribution in [2.45, 2.75) is 149 Å². The predicted molar refractivity (Wildman–Crippen MR) is 143 cm³/mol. The first-order valence-corrected chi connectivity index (χ1v) is 15.2. The Morgan fingerprint density at radius 2 is 1.61 bits per heavy atom. The van der Waals surface area contributed by atoms with E-state index in [-0.39, 0.29) is 39.7 Å². The maximum Gasteiger partial charge on any atom is 0.302 e. The lowest BCUT2D eigenvalue weighted by Crippen LogP contribution is -2.69. The maximum atomic E-state index is 13.1. The monoisotopic (exact) mass is 530 g/mol. The van der Waals surface area contributed by atoms with Gasteiger partial charge >= 0.3 is 5.97 Å². The van der Waals surface area contributed by atoms with Crippen molar-refractivity contribution in [1.29, 1.82) is 0 Å². The summed E-state index contributed by atoms with van der Waals surface area (Å²) in [4.78, 5) is 25.7. The van der Waals surface area contributed by atoms with Gasteiger partial charge in [0.05, 0.1) is 5.60 Å². The summed E-state index contributed by atoms with van der Waals surface area (Å²) in [6, 6.07) is 0. The van der Waals surface area contributed by atoms with E-state index in [1.165, 1.54) is 6.92 Å². The Bertz CT molecular complexity index is 1080. The zero-order valence-electron chi connectivity index (χ0n) is 25.2. The second-order valence-corrected chi connectivity index (χ2v) is 16.1. The van der Waals surface area contributed by atoms with Crippen LogP contribution in [0.25, 0.3) is 0 Å². The number of hydrogen-bond acceptors (Lipinski definition) is 6. The summed E-state index contributed by atoms with van der Waals surface area (Å²) >= 11 is 0. The van der Waals surface area contributed by atoms with Gasteiger partial charge in [-0.3, -0.25) is 9.59 Å². The first kappa shape index (κ1) is 27.2. The summed E-state index contributed by atoms with van der Waals surface area (Å²) in [5.41, 5.74) is -2.73. The SMILES string of the molecule is CC(=O)O[C@@H]1C[C@@H]2[C@@]3(C)CCC(=O)C(C)(C)C3CC[C@@]2(C)[C@]2(C)CC[C@@]3(O[C@@]4(C(C)(C)O)CC[C@]3(C)O4)C12. The molecule has 6 heteroatoms. The van der Waals surface area contributed by atoms with E-state index in [9.17, 15) is 14.7 Å². The third-order valence-corrected chi connectivity index (χ3v) is 14.0. The Balaban J connectivity index is 1.48. The van der Waals surface area contributed by atoms with Crippen LogP contribution in [0.2, 0.25) is 0 Å². The van der Waals surface area contributed by atoms with Crippen LogP contribution in [0.4, 0.5) is 0 Å². The fourth-order valence-corrected chi connectivity index (χ4v) is 11.8. The Kier molecular flexibility index (Phi) is 5.33. The molecule has 2 aliphatic heterocycles. The Morgan fingerprint density at radius 1 is 0.921 bits per heavy atom. The predicted octanol–water partition coefficient (Wildman–Crippen LogP) is 5.97. The van der Waals surface area contributed by atoms with Gasteiger partial charge in [-0.1, -0.05) is 34.6 Å². The molecule has 1 spiro atoms.